The van der Waals surface area contributed by atoms with E-state index in [1.807, 2.05) is 0 Å². The van der Waals surface area contributed by atoms with Crippen LogP contribution in [0.5, 0.6) is 5.88 Å². The predicted molar refractivity (Wildman–Crippen MR) is 102 cm³/mol. The fourth-order valence-electron chi connectivity index (χ4n) is 2.65. The molecule has 2 N–H and O–H groups in total. The molecule has 1 aromatic heterocycles. The van der Waals surface area contributed by atoms with Crippen molar-refractivity contribution < 1.29 is 5.11 Å². The minimum absolute atomic E-state index is 0.101. The van der Waals surface area contributed by atoms with Crippen LogP contribution in [0.25, 0.3) is 0 Å². The maximum absolute atomic E-state index is 12.3. The Kier molecular flexibility index (Phi) is 9.91. The van der Waals surface area contributed by atoms with Crippen molar-refractivity contribution in [3.05, 3.63) is 20.8 Å². The lowest BCUT2D eigenvalue weighted by atomic mass is 10.2. The first-order chi connectivity index (χ1) is 11.6. The molecule has 6 heteroatoms. The summed E-state index contributed by atoms with van der Waals surface area (Å²) in [4.78, 5) is 27.3. The number of aromatic amines is 1. The van der Waals surface area contributed by atoms with E-state index in [0.717, 1.165) is 62.9 Å². The molecule has 5 nitrogen and oxygen atoms in total. The predicted octanol–water partition coefficient (Wildman–Crippen LogP) is 3.40. The van der Waals surface area contributed by atoms with Crippen molar-refractivity contribution in [2.75, 3.05) is 11.5 Å². The summed E-state index contributed by atoms with van der Waals surface area (Å²) in [5, 5.41) is 10.6. The summed E-state index contributed by atoms with van der Waals surface area (Å²) in [7, 11) is -0.292. The molecule has 0 spiro atoms. The highest BCUT2D eigenvalue weighted by Gasteiger charge is 2.31. The fraction of sp³-hybridized carbons (Fsp3) is 0.778. The first kappa shape index (κ1) is 20.9. The summed E-state index contributed by atoms with van der Waals surface area (Å²) in [6, 6.07) is 0. The van der Waals surface area contributed by atoms with Crippen molar-refractivity contribution in [2.45, 2.75) is 83.6 Å². The molecule has 0 saturated heterocycles. The molecule has 0 atom stereocenters. The molecule has 0 saturated carbocycles. The van der Waals surface area contributed by atoms with Crippen molar-refractivity contribution in [1.29, 1.82) is 0 Å². The SMILES string of the molecule is CCCCCCn1c(O)c([S+](CCCC)CCCC)c(=O)[nH]c1=O. The van der Waals surface area contributed by atoms with E-state index in [4.69, 9.17) is 0 Å². The van der Waals surface area contributed by atoms with E-state index in [1.165, 1.54) is 4.57 Å². The van der Waals surface area contributed by atoms with Gasteiger partial charge in [-0.1, -0.05) is 52.9 Å². The molecule has 1 aromatic rings. The Labute approximate surface area is 147 Å². The number of unbranched alkanes of at least 4 members (excludes halogenated alkanes) is 5. The second-order valence-corrected chi connectivity index (χ2v) is 8.44. The van der Waals surface area contributed by atoms with Gasteiger partial charge in [0.15, 0.2) is 0 Å². The van der Waals surface area contributed by atoms with Gasteiger partial charge in [0.05, 0.1) is 0 Å². The van der Waals surface area contributed by atoms with E-state index >= 15 is 0 Å². The maximum Gasteiger partial charge on any atom is 0.331 e. The van der Waals surface area contributed by atoms with Crippen molar-refractivity contribution in [3.8, 4) is 5.88 Å². The monoisotopic (exact) mass is 357 g/mol. The second-order valence-electron chi connectivity index (χ2n) is 6.23. The molecular formula is C18H33N2O3S+. The van der Waals surface area contributed by atoms with Crippen LogP contribution in [0.2, 0.25) is 0 Å². The van der Waals surface area contributed by atoms with Crippen LogP contribution in [-0.4, -0.2) is 26.2 Å². The summed E-state index contributed by atoms with van der Waals surface area (Å²) < 4.78 is 1.35. The van der Waals surface area contributed by atoms with Crippen LogP contribution in [0, 0.1) is 0 Å². The highest BCUT2D eigenvalue weighted by atomic mass is 32.2. The highest BCUT2D eigenvalue weighted by Crippen LogP contribution is 2.22. The molecule has 0 unspecified atom stereocenters. The van der Waals surface area contributed by atoms with Gasteiger partial charge in [0.1, 0.15) is 11.5 Å². The lowest BCUT2D eigenvalue weighted by Crippen LogP contribution is -2.35. The topological polar surface area (TPSA) is 75.1 Å². The summed E-state index contributed by atoms with van der Waals surface area (Å²) in [5.74, 6) is 1.71. The Morgan fingerprint density at radius 1 is 0.917 bits per heavy atom. The van der Waals surface area contributed by atoms with Gasteiger partial charge in [-0.2, -0.15) is 0 Å². The van der Waals surface area contributed by atoms with E-state index in [2.05, 4.69) is 25.8 Å². The lowest BCUT2D eigenvalue weighted by Gasteiger charge is -2.12. The third kappa shape index (κ3) is 6.04. The van der Waals surface area contributed by atoms with Crippen LogP contribution in [-0.2, 0) is 17.4 Å². The maximum atomic E-state index is 12.3. The van der Waals surface area contributed by atoms with Gasteiger partial charge in [0, 0.05) is 17.4 Å². The summed E-state index contributed by atoms with van der Waals surface area (Å²) >= 11 is 0. The van der Waals surface area contributed by atoms with E-state index in [0.29, 0.717) is 11.4 Å². The van der Waals surface area contributed by atoms with Gasteiger partial charge in [-0.05, 0) is 19.3 Å². The van der Waals surface area contributed by atoms with Gasteiger partial charge in [0.25, 0.3) is 10.8 Å². The van der Waals surface area contributed by atoms with E-state index in [-0.39, 0.29) is 16.8 Å². The van der Waals surface area contributed by atoms with Gasteiger partial charge < -0.3 is 5.11 Å². The van der Waals surface area contributed by atoms with Crippen LogP contribution in [0.3, 0.4) is 0 Å². The van der Waals surface area contributed by atoms with Crippen molar-refractivity contribution in [2.24, 2.45) is 0 Å². The zero-order valence-corrected chi connectivity index (χ0v) is 16.2. The van der Waals surface area contributed by atoms with Gasteiger partial charge in [-0.3, -0.25) is 14.3 Å². The summed E-state index contributed by atoms with van der Waals surface area (Å²) in [6.07, 6.45) is 8.27. The van der Waals surface area contributed by atoms with Gasteiger partial charge in [-0.25, -0.2) is 4.79 Å². The molecule has 24 heavy (non-hydrogen) atoms. The fourth-order valence-corrected chi connectivity index (χ4v) is 5.22. The van der Waals surface area contributed by atoms with E-state index in [9.17, 15) is 14.7 Å². The minimum Gasteiger partial charge on any atom is -0.491 e. The first-order valence-electron chi connectivity index (χ1n) is 9.30. The first-order valence-corrected chi connectivity index (χ1v) is 10.9. The highest BCUT2D eigenvalue weighted by molar-refractivity contribution is 7.97. The molecule has 138 valence electrons. The Morgan fingerprint density at radius 3 is 2.04 bits per heavy atom. The summed E-state index contributed by atoms with van der Waals surface area (Å²) in [6.45, 7) is 6.85. The number of H-pyrrole nitrogens is 1. The minimum atomic E-state index is -0.493. The van der Waals surface area contributed by atoms with E-state index in [1.54, 1.807) is 0 Å². The number of nitrogens with one attached hydrogen (secondary N) is 1. The van der Waals surface area contributed by atoms with Crippen LogP contribution < -0.4 is 11.2 Å². The quantitative estimate of drug-likeness (QED) is 0.445. The zero-order chi connectivity index (χ0) is 17.9. The van der Waals surface area contributed by atoms with Crippen LogP contribution in [0.15, 0.2) is 14.5 Å². The van der Waals surface area contributed by atoms with Gasteiger partial charge in [-0.15, -0.1) is 0 Å². The van der Waals surface area contributed by atoms with Crippen LogP contribution >= 0.6 is 0 Å². The molecule has 0 aromatic carbocycles. The molecule has 0 amide bonds. The number of aromatic hydroxyl groups is 1. The zero-order valence-electron chi connectivity index (χ0n) is 15.4. The van der Waals surface area contributed by atoms with Crippen molar-refractivity contribution in [3.63, 3.8) is 0 Å². The van der Waals surface area contributed by atoms with Gasteiger partial charge in [0.2, 0.25) is 0 Å². The molecule has 0 bridgehead atoms. The normalized spacial score (nSPS) is 11.3. The third-order valence-corrected chi connectivity index (χ3v) is 6.65. The average molecular weight is 358 g/mol. The third-order valence-electron chi connectivity index (χ3n) is 4.14. The van der Waals surface area contributed by atoms with E-state index < -0.39 is 11.2 Å². The average Bonchev–Trinajstić information content (AvgIpc) is 2.55. The molecular weight excluding hydrogens is 324 g/mol. The van der Waals surface area contributed by atoms with Crippen molar-refractivity contribution in [1.82, 2.24) is 9.55 Å². The van der Waals surface area contributed by atoms with Crippen LogP contribution in [0.4, 0.5) is 0 Å². The number of aromatic nitrogens is 2. The Morgan fingerprint density at radius 2 is 1.50 bits per heavy atom. The van der Waals surface area contributed by atoms with Gasteiger partial charge >= 0.3 is 11.2 Å². The number of hydrogen-bond donors (Lipinski definition) is 2. The molecule has 0 radical (unpaired) electrons. The Bertz CT molecular complexity index is 587. The molecule has 1 rings (SSSR count). The number of nitrogens with zero attached hydrogens (tertiary/aromatic N) is 1. The molecule has 0 aliphatic carbocycles. The Balaban J connectivity index is 3.10. The lowest BCUT2D eigenvalue weighted by molar-refractivity contribution is 0.378. The smallest absolute Gasteiger partial charge is 0.331 e. The largest absolute Gasteiger partial charge is 0.491 e. The van der Waals surface area contributed by atoms with Crippen LogP contribution in [0.1, 0.15) is 72.1 Å². The molecule has 0 fully saturated rings. The Hall–Kier alpha value is -1.17. The van der Waals surface area contributed by atoms with Crippen molar-refractivity contribution >= 4 is 10.9 Å². The standard InChI is InChI=1S/C18H32N2O3S/c1-4-7-10-11-12-20-17(22)15(16(21)19-18(20)23)24(13-8-5-2)14-9-6-3/h4-14H2,1-3H3,(H-,19,21,22,23)/p+1. The number of hydrogen-bond acceptors (Lipinski definition) is 3. The second kappa shape index (κ2) is 11.4. The molecule has 1 heterocycles. The summed E-state index contributed by atoms with van der Waals surface area (Å²) in [5.41, 5.74) is -0.898. The molecule has 0 aliphatic rings. The number of rotatable bonds is 12. The molecule has 0 aliphatic heterocycles.